The highest BCUT2D eigenvalue weighted by atomic mass is 16.2. The first kappa shape index (κ1) is 16.5. The number of anilines is 1. The summed E-state index contributed by atoms with van der Waals surface area (Å²) in [4.78, 5) is 27.5. The van der Waals surface area contributed by atoms with E-state index in [-0.39, 0.29) is 11.8 Å². The van der Waals surface area contributed by atoms with Crippen LogP contribution in [0.2, 0.25) is 0 Å². The maximum Gasteiger partial charge on any atom is 0.238 e. The number of carbonyl (C=O) groups is 2. The third kappa shape index (κ3) is 4.84. The van der Waals surface area contributed by atoms with Crippen molar-refractivity contribution in [1.82, 2.24) is 9.80 Å². The molecule has 1 heterocycles. The van der Waals surface area contributed by atoms with E-state index in [1.165, 1.54) is 5.56 Å². The van der Waals surface area contributed by atoms with Crippen LogP contribution < -0.4 is 5.32 Å². The molecular weight excluding hydrogens is 278 g/mol. The lowest BCUT2D eigenvalue weighted by atomic mass is 10.1. The van der Waals surface area contributed by atoms with Gasteiger partial charge in [0.1, 0.15) is 0 Å². The van der Waals surface area contributed by atoms with Gasteiger partial charge in [-0.05, 0) is 30.5 Å². The smallest absolute Gasteiger partial charge is 0.238 e. The molecule has 1 aliphatic heterocycles. The molecule has 0 atom stereocenters. The summed E-state index contributed by atoms with van der Waals surface area (Å²) in [5, 5.41) is 2.96. The van der Waals surface area contributed by atoms with Crippen molar-refractivity contribution in [3.63, 3.8) is 0 Å². The van der Waals surface area contributed by atoms with Crippen LogP contribution in [-0.2, 0) is 16.0 Å². The van der Waals surface area contributed by atoms with Gasteiger partial charge in [-0.25, -0.2) is 0 Å². The summed E-state index contributed by atoms with van der Waals surface area (Å²) >= 11 is 0. The Kier molecular flexibility index (Phi) is 5.95. The molecule has 1 N–H and O–H groups in total. The highest BCUT2D eigenvalue weighted by Gasteiger charge is 2.18. The molecule has 0 aromatic heterocycles. The molecule has 5 heteroatoms. The van der Waals surface area contributed by atoms with Crippen LogP contribution in [0, 0.1) is 0 Å². The number of amides is 2. The van der Waals surface area contributed by atoms with Crippen LogP contribution in [0.15, 0.2) is 24.3 Å². The minimum absolute atomic E-state index is 0.00419. The molecule has 0 aliphatic carbocycles. The van der Waals surface area contributed by atoms with E-state index in [1.807, 2.05) is 23.1 Å². The Morgan fingerprint density at radius 2 is 2.00 bits per heavy atom. The molecule has 120 valence electrons. The van der Waals surface area contributed by atoms with Gasteiger partial charge in [0.05, 0.1) is 6.54 Å². The van der Waals surface area contributed by atoms with Crippen LogP contribution in [0.1, 0.15) is 25.8 Å². The van der Waals surface area contributed by atoms with Gasteiger partial charge in [0.15, 0.2) is 0 Å². The van der Waals surface area contributed by atoms with Crippen molar-refractivity contribution in [2.24, 2.45) is 0 Å². The standard InChI is InChI=1S/C17H25N3O2/c1-3-15-6-4-7-16(12-15)18-17(22)13-19-8-5-9-20(11-10-19)14(2)21/h4,6-7,12H,3,5,8-11,13H2,1-2H3,(H,18,22). The molecule has 22 heavy (non-hydrogen) atoms. The maximum absolute atomic E-state index is 12.2. The van der Waals surface area contributed by atoms with E-state index in [2.05, 4.69) is 23.2 Å². The van der Waals surface area contributed by atoms with Crippen molar-refractivity contribution in [2.45, 2.75) is 26.7 Å². The number of nitrogens with zero attached hydrogens (tertiary/aromatic N) is 2. The third-order valence-corrected chi connectivity index (χ3v) is 4.02. The molecule has 2 amide bonds. The highest BCUT2D eigenvalue weighted by molar-refractivity contribution is 5.92. The third-order valence-electron chi connectivity index (χ3n) is 4.02. The Balaban J connectivity index is 1.85. The summed E-state index contributed by atoms with van der Waals surface area (Å²) in [5.74, 6) is 0.118. The lowest BCUT2D eigenvalue weighted by molar-refractivity contribution is -0.128. The zero-order valence-electron chi connectivity index (χ0n) is 13.5. The van der Waals surface area contributed by atoms with E-state index in [9.17, 15) is 9.59 Å². The average molecular weight is 303 g/mol. The van der Waals surface area contributed by atoms with Crippen molar-refractivity contribution < 1.29 is 9.59 Å². The topological polar surface area (TPSA) is 52.7 Å². The van der Waals surface area contributed by atoms with Crippen LogP contribution in [-0.4, -0.2) is 54.3 Å². The molecule has 0 bridgehead atoms. The minimum atomic E-state index is 0.00419. The van der Waals surface area contributed by atoms with Crippen molar-refractivity contribution in [3.05, 3.63) is 29.8 Å². The Hall–Kier alpha value is -1.88. The van der Waals surface area contributed by atoms with Gasteiger partial charge in [0.2, 0.25) is 11.8 Å². The Morgan fingerprint density at radius 1 is 1.18 bits per heavy atom. The first-order valence-corrected chi connectivity index (χ1v) is 7.95. The van der Waals surface area contributed by atoms with Crippen LogP contribution in [0.4, 0.5) is 5.69 Å². The predicted octanol–water partition coefficient (Wildman–Crippen LogP) is 1.74. The average Bonchev–Trinajstić information content (AvgIpc) is 2.73. The molecule has 0 radical (unpaired) electrons. The van der Waals surface area contributed by atoms with Crippen LogP contribution >= 0.6 is 0 Å². The number of hydrogen-bond acceptors (Lipinski definition) is 3. The normalized spacial score (nSPS) is 16.2. The second-order valence-corrected chi connectivity index (χ2v) is 5.74. The summed E-state index contributed by atoms with van der Waals surface area (Å²) in [6.45, 7) is 7.16. The number of rotatable bonds is 4. The summed E-state index contributed by atoms with van der Waals surface area (Å²) in [6.07, 6.45) is 1.87. The summed E-state index contributed by atoms with van der Waals surface area (Å²) in [7, 11) is 0. The van der Waals surface area contributed by atoms with Crippen LogP contribution in [0.3, 0.4) is 0 Å². The summed E-state index contributed by atoms with van der Waals surface area (Å²) in [5.41, 5.74) is 2.06. The molecule has 0 spiro atoms. The van der Waals surface area contributed by atoms with E-state index >= 15 is 0 Å². The van der Waals surface area contributed by atoms with Gasteiger partial charge in [0, 0.05) is 38.8 Å². The van der Waals surface area contributed by atoms with E-state index in [4.69, 9.17) is 0 Å². The number of hydrogen-bond donors (Lipinski definition) is 1. The number of benzene rings is 1. The maximum atomic E-state index is 12.2. The second kappa shape index (κ2) is 7.94. The predicted molar refractivity (Wildman–Crippen MR) is 87.8 cm³/mol. The Bertz CT molecular complexity index is 530. The quantitative estimate of drug-likeness (QED) is 0.922. The molecule has 1 aliphatic rings. The lowest BCUT2D eigenvalue weighted by Crippen LogP contribution is -2.37. The molecule has 1 aromatic rings. The Labute approximate surface area is 132 Å². The number of carbonyl (C=O) groups excluding carboxylic acids is 2. The van der Waals surface area contributed by atoms with Gasteiger partial charge in [-0.15, -0.1) is 0 Å². The fourth-order valence-corrected chi connectivity index (χ4v) is 2.72. The zero-order valence-corrected chi connectivity index (χ0v) is 13.5. The van der Waals surface area contributed by atoms with Gasteiger partial charge in [-0.2, -0.15) is 0 Å². The van der Waals surface area contributed by atoms with Gasteiger partial charge >= 0.3 is 0 Å². The van der Waals surface area contributed by atoms with Crippen molar-refractivity contribution in [2.75, 3.05) is 38.0 Å². The van der Waals surface area contributed by atoms with Gasteiger partial charge in [-0.1, -0.05) is 19.1 Å². The van der Waals surface area contributed by atoms with Crippen LogP contribution in [0.5, 0.6) is 0 Å². The molecule has 5 nitrogen and oxygen atoms in total. The van der Waals surface area contributed by atoms with Gasteiger partial charge in [0.25, 0.3) is 0 Å². The lowest BCUT2D eigenvalue weighted by Gasteiger charge is -2.20. The van der Waals surface area contributed by atoms with Crippen molar-refractivity contribution in [1.29, 1.82) is 0 Å². The van der Waals surface area contributed by atoms with E-state index in [0.29, 0.717) is 13.1 Å². The fraction of sp³-hybridized carbons (Fsp3) is 0.529. The van der Waals surface area contributed by atoms with Crippen molar-refractivity contribution >= 4 is 17.5 Å². The largest absolute Gasteiger partial charge is 0.342 e. The summed E-state index contributed by atoms with van der Waals surface area (Å²) < 4.78 is 0. The summed E-state index contributed by atoms with van der Waals surface area (Å²) in [6, 6.07) is 7.95. The van der Waals surface area contributed by atoms with E-state index in [1.54, 1.807) is 6.92 Å². The molecule has 0 unspecified atom stereocenters. The molecule has 1 saturated heterocycles. The fourth-order valence-electron chi connectivity index (χ4n) is 2.72. The van der Waals surface area contributed by atoms with Gasteiger partial charge < -0.3 is 10.2 Å². The SMILES string of the molecule is CCc1cccc(NC(=O)CN2CCCN(C(C)=O)CC2)c1. The number of aryl methyl sites for hydroxylation is 1. The first-order chi connectivity index (χ1) is 10.6. The molecule has 2 rings (SSSR count). The Morgan fingerprint density at radius 3 is 2.73 bits per heavy atom. The molecule has 0 saturated carbocycles. The highest BCUT2D eigenvalue weighted by Crippen LogP contribution is 2.11. The molecule has 1 aromatic carbocycles. The van der Waals surface area contributed by atoms with E-state index in [0.717, 1.165) is 38.2 Å². The monoisotopic (exact) mass is 303 g/mol. The minimum Gasteiger partial charge on any atom is -0.342 e. The first-order valence-electron chi connectivity index (χ1n) is 7.95. The van der Waals surface area contributed by atoms with Crippen LogP contribution in [0.25, 0.3) is 0 Å². The molecule has 1 fully saturated rings. The van der Waals surface area contributed by atoms with Gasteiger partial charge in [-0.3, -0.25) is 14.5 Å². The number of nitrogens with one attached hydrogen (secondary N) is 1. The molecular formula is C17H25N3O2. The zero-order chi connectivity index (χ0) is 15.9. The van der Waals surface area contributed by atoms with E-state index < -0.39 is 0 Å². The van der Waals surface area contributed by atoms with Crippen molar-refractivity contribution in [3.8, 4) is 0 Å². The second-order valence-electron chi connectivity index (χ2n) is 5.74.